The molecule has 21 heavy (non-hydrogen) atoms. The van der Waals surface area contributed by atoms with Crippen molar-refractivity contribution in [1.82, 2.24) is 14.9 Å². The third kappa shape index (κ3) is 4.32. The quantitative estimate of drug-likeness (QED) is 0.878. The van der Waals surface area contributed by atoms with Gasteiger partial charge < -0.3 is 10.0 Å². The van der Waals surface area contributed by atoms with Gasteiger partial charge in [-0.1, -0.05) is 0 Å². The minimum Gasteiger partial charge on any atom is -0.396 e. The number of carbonyl (C=O) groups excluding carboxylic acids is 1. The fourth-order valence-electron chi connectivity index (χ4n) is 1.93. The van der Waals surface area contributed by atoms with Gasteiger partial charge in [-0.25, -0.2) is 4.39 Å². The third-order valence-electron chi connectivity index (χ3n) is 2.95. The van der Waals surface area contributed by atoms with E-state index < -0.39 is 5.82 Å². The Morgan fingerprint density at radius 3 is 2.67 bits per heavy atom. The average Bonchev–Trinajstić information content (AvgIpc) is 2.51. The van der Waals surface area contributed by atoms with Gasteiger partial charge in [-0.2, -0.15) is 0 Å². The first kappa shape index (κ1) is 15.1. The summed E-state index contributed by atoms with van der Waals surface area (Å²) in [7, 11) is 0. The molecule has 0 aromatic carbocycles. The number of rotatable bonds is 6. The highest BCUT2D eigenvalue weighted by molar-refractivity contribution is 5.93. The van der Waals surface area contributed by atoms with E-state index in [2.05, 4.69) is 9.97 Å². The van der Waals surface area contributed by atoms with Crippen molar-refractivity contribution in [3.05, 3.63) is 59.9 Å². The summed E-state index contributed by atoms with van der Waals surface area (Å²) in [6.45, 7) is 0.744. The van der Waals surface area contributed by atoms with E-state index >= 15 is 0 Å². The molecule has 5 nitrogen and oxygen atoms in total. The fourth-order valence-corrected chi connectivity index (χ4v) is 1.93. The van der Waals surface area contributed by atoms with Crippen LogP contribution in [0.4, 0.5) is 4.39 Å². The maximum Gasteiger partial charge on any atom is 0.255 e. The summed E-state index contributed by atoms with van der Waals surface area (Å²) in [5.41, 5.74) is 1.11. The van der Waals surface area contributed by atoms with Gasteiger partial charge in [-0.3, -0.25) is 14.8 Å². The second-order valence-electron chi connectivity index (χ2n) is 4.55. The summed E-state index contributed by atoms with van der Waals surface area (Å²) < 4.78 is 13.2. The molecule has 6 heteroatoms. The van der Waals surface area contributed by atoms with Crippen LogP contribution in [0.3, 0.4) is 0 Å². The van der Waals surface area contributed by atoms with Crippen molar-refractivity contribution in [2.45, 2.75) is 13.0 Å². The van der Waals surface area contributed by atoms with Crippen LogP contribution in [0.25, 0.3) is 0 Å². The molecule has 0 fully saturated rings. The normalized spacial score (nSPS) is 10.4. The molecule has 2 rings (SSSR count). The van der Waals surface area contributed by atoms with Gasteiger partial charge in [0.15, 0.2) is 0 Å². The van der Waals surface area contributed by atoms with Crippen LogP contribution in [-0.4, -0.2) is 39.0 Å². The standard InChI is InChI=1S/C15H16FN3O2/c16-14-8-13(9-18-10-14)15(21)19(6-1-7-20)11-12-2-4-17-5-3-12/h2-5,8-10,20H,1,6-7,11H2. The summed E-state index contributed by atoms with van der Waals surface area (Å²) >= 11 is 0. The molecule has 0 aliphatic carbocycles. The highest BCUT2D eigenvalue weighted by atomic mass is 19.1. The zero-order valence-corrected chi connectivity index (χ0v) is 11.4. The van der Waals surface area contributed by atoms with E-state index in [4.69, 9.17) is 5.11 Å². The summed E-state index contributed by atoms with van der Waals surface area (Å²) in [6, 6.07) is 4.78. The smallest absolute Gasteiger partial charge is 0.255 e. The van der Waals surface area contributed by atoms with Gasteiger partial charge in [-0.15, -0.1) is 0 Å². The van der Waals surface area contributed by atoms with E-state index in [9.17, 15) is 9.18 Å². The van der Waals surface area contributed by atoms with Crippen molar-refractivity contribution in [2.24, 2.45) is 0 Å². The Kier molecular flexibility index (Phi) is 5.34. The second-order valence-corrected chi connectivity index (χ2v) is 4.55. The number of hydrogen-bond acceptors (Lipinski definition) is 4. The summed E-state index contributed by atoms with van der Waals surface area (Å²) in [4.78, 5) is 21.6. The lowest BCUT2D eigenvalue weighted by molar-refractivity contribution is 0.0731. The molecular formula is C15H16FN3O2. The molecule has 2 aromatic rings. The van der Waals surface area contributed by atoms with Gasteiger partial charge in [-0.05, 0) is 30.2 Å². The van der Waals surface area contributed by atoms with Gasteiger partial charge in [0.05, 0.1) is 11.8 Å². The van der Waals surface area contributed by atoms with Crippen molar-refractivity contribution in [1.29, 1.82) is 0 Å². The van der Waals surface area contributed by atoms with Crippen LogP contribution in [-0.2, 0) is 6.54 Å². The van der Waals surface area contributed by atoms with E-state index in [1.807, 2.05) is 12.1 Å². The van der Waals surface area contributed by atoms with Crippen LogP contribution in [0.1, 0.15) is 22.3 Å². The molecule has 0 saturated heterocycles. The summed E-state index contributed by atoms with van der Waals surface area (Å²) in [6.07, 6.45) is 6.14. The highest BCUT2D eigenvalue weighted by Crippen LogP contribution is 2.10. The molecule has 0 unspecified atom stereocenters. The molecule has 0 spiro atoms. The van der Waals surface area contributed by atoms with Crippen molar-refractivity contribution in [3.8, 4) is 0 Å². The number of amides is 1. The topological polar surface area (TPSA) is 66.3 Å². The molecule has 1 N–H and O–H groups in total. The van der Waals surface area contributed by atoms with Crippen molar-refractivity contribution in [3.63, 3.8) is 0 Å². The number of pyridine rings is 2. The predicted molar refractivity (Wildman–Crippen MR) is 74.9 cm³/mol. The molecule has 0 aliphatic rings. The Hall–Kier alpha value is -2.34. The second kappa shape index (κ2) is 7.44. The lowest BCUT2D eigenvalue weighted by Crippen LogP contribution is -2.32. The number of carbonyl (C=O) groups is 1. The lowest BCUT2D eigenvalue weighted by Gasteiger charge is -2.22. The first-order chi connectivity index (χ1) is 10.2. The van der Waals surface area contributed by atoms with Crippen LogP contribution in [0, 0.1) is 5.82 Å². The largest absolute Gasteiger partial charge is 0.396 e. The average molecular weight is 289 g/mol. The first-order valence-electron chi connectivity index (χ1n) is 6.60. The van der Waals surface area contributed by atoms with Crippen LogP contribution in [0.15, 0.2) is 43.0 Å². The van der Waals surface area contributed by atoms with Gasteiger partial charge in [0.25, 0.3) is 5.91 Å². The lowest BCUT2D eigenvalue weighted by atomic mass is 10.2. The van der Waals surface area contributed by atoms with E-state index in [0.29, 0.717) is 19.5 Å². The Morgan fingerprint density at radius 2 is 2.00 bits per heavy atom. The van der Waals surface area contributed by atoms with Gasteiger partial charge >= 0.3 is 0 Å². The molecular weight excluding hydrogens is 273 g/mol. The molecule has 1 amide bonds. The molecule has 0 bridgehead atoms. The van der Waals surface area contributed by atoms with E-state index in [-0.39, 0.29) is 18.1 Å². The van der Waals surface area contributed by atoms with Crippen molar-refractivity contribution >= 4 is 5.91 Å². The first-order valence-corrected chi connectivity index (χ1v) is 6.60. The van der Waals surface area contributed by atoms with Gasteiger partial charge in [0, 0.05) is 38.3 Å². The van der Waals surface area contributed by atoms with Gasteiger partial charge in [0.2, 0.25) is 0 Å². The molecule has 0 aliphatic heterocycles. The van der Waals surface area contributed by atoms with Crippen LogP contribution in [0.2, 0.25) is 0 Å². The Morgan fingerprint density at radius 1 is 1.24 bits per heavy atom. The highest BCUT2D eigenvalue weighted by Gasteiger charge is 2.16. The maximum absolute atomic E-state index is 13.2. The molecule has 2 aromatic heterocycles. The zero-order valence-electron chi connectivity index (χ0n) is 11.4. The maximum atomic E-state index is 13.2. The Labute approximate surface area is 122 Å². The fraction of sp³-hybridized carbons (Fsp3) is 0.267. The molecule has 2 heterocycles. The number of aliphatic hydroxyl groups excluding tert-OH is 1. The van der Waals surface area contributed by atoms with Crippen LogP contribution in [0.5, 0.6) is 0 Å². The number of halogens is 1. The van der Waals surface area contributed by atoms with Crippen LogP contribution < -0.4 is 0 Å². The number of hydrogen-bond donors (Lipinski definition) is 1. The van der Waals surface area contributed by atoms with E-state index in [0.717, 1.165) is 17.8 Å². The number of aromatic nitrogens is 2. The summed E-state index contributed by atoms with van der Waals surface area (Å²) in [5.74, 6) is -0.862. The molecule has 0 saturated carbocycles. The summed E-state index contributed by atoms with van der Waals surface area (Å²) in [5, 5.41) is 8.96. The number of nitrogens with zero attached hydrogens (tertiary/aromatic N) is 3. The van der Waals surface area contributed by atoms with Crippen LogP contribution >= 0.6 is 0 Å². The van der Waals surface area contributed by atoms with E-state index in [1.54, 1.807) is 17.3 Å². The molecule has 110 valence electrons. The zero-order chi connectivity index (χ0) is 15.1. The molecule has 0 radical (unpaired) electrons. The molecule has 0 atom stereocenters. The Bertz CT molecular complexity index is 592. The van der Waals surface area contributed by atoms with Crippen molar-refractivity contribution in [2.75, 3.05) is 13.2 Å². The monoisotopic (exact) mass is 289 g/mol. The number of aliphatic hydroxyl groups is 1. The van der Waals surface area contributed by atoms with Crippen molar-refractivity contribution < 1.29 is 14.3 Å². The van der Waals surface area contributed by atoms with E-state index in [1.165, 1.54) is 6.20 Å². The SMILES string of the molecule is O=C(c1cncc(F)c1)N(CCCO)Cc1ccncc1. The minimum absolute atomic E-state index is 0.0124. The Balaban J connectivity index is 2.17. The predicted octanol–water partition coefficient (Wildman–Crippen LogP) is 1.64. The van der Waals surface area contributed by atoms with Gasteiger partial charge in [0.1, 0.15) is 5.82 Å². The minimum atomic E-state index is -0.549. The third-order valence-corrected chi connectivity index (χ3v) is 2.95.